The lowest BCUT2D eigenvalue weighted by molar-refractivity contribution is -0.123. The van der Waals surface area contributed by atoms with Gasteiger partial charge in [0.1, 0.15) is 6.54 Å². The Hall–Kier alpha value is -0.840. The summed E-state index contributed by atoms with van der Waals surface area (Å²) in [6.07, 6.45) is 1.62. The minimum Gasteiger partial charge on any atom is -0.469 e. The van der Waals surface area contributed by atoms with Gasteiger partial charge < -0.3 is 4.74 Å². The summed E-state index contributed by atoms with van der Waals surface area (Å²) < 4.78 is 7.44. The topological polar surface area (TPSA) is 44.1 Å². The van der Waals surface area contributed by atoms with E-state index in [0.29, 0.717) is 12.4 Å². The molecule has 0 saturated carbocycles. The number of rotatable bonds is 0. The molecule has 0 unspecified atom stereocenters. The van der Waals surface area contributed by atoms with Crippen LogP contribution in [0.3, 0.4) is 0 Å². The zero-order valence-corrected chi connectivity index (χ0v) is 7.17. The summed E-state index contributed by atoms with van der Waals surface area (Å²) in [5, 5.41) is 3.93. The van der Waals surface area contributed by atoms with Crippen LogP contribution in [-0.4, -0.2) is 22.2 Å². The smallest absolute Gasteiger partial charge is 0.227 e. The number of hydrogen-bond acceptors (Lipinski definition) is 3. The monoisotopic (exact) mass is 216 g/mol. The first-order chi connectivity index (χ1) is 5.27. The molecule has 0 aromatic carbocycles. The molecule has 0 bridgehead atoms. The predicted molar refractivity (Wildman–Crippen MR) is 40.4 cm³/mol. The Bertz CT molecular complexity index is 308. The number of ether oxygens (including phenoxy) is 1. The molecule has 5 heteroatoms. The van der Waals surface area contributed by atoms with Crippen molar-refractivity contribution in [3.8, 4) is 5.88 Å². The molecule has 0 N–H and O–H groups in total. The van der Waals surface area contributed by atoms with E-state index in [0.717, 1.165) is 4.47 Å². The second-order valence-corrected chi connectivity index (χ2v) is 3.14. The number of aromatic nitrogens is 2. The molecule has 2 rings (SSSR count). The molecule has 0 fully saturated rings. The van der Waals surface area contributed by atoms with Gasteiger partial charge in [0.05, 0.1) is 10.7 Å². The highest BCUT2D eigenvalue weighted by Gasteiger charge is 2.19. The van der Waals surface area contributed by atoms with Crippen LogP contribution in [0.4, 0.5) is 0 Å². The molecule has 11 heavy (non-hydrogen) atoms. The quantitative estimate of drug-likeness (QED) is 0.639. The first-order valence-electron chi connectivity index (χ1n) is 3.13. The molecule has 1 aliphatic rings. The van der Waals surface area contributed by atoms with Crippen LogP contribution in [0, 0.1) is 0 Å². The van der Waals surface area contributed by atoms with Crippen LogP contribution in [0.15, 0.2) is 10.7 Å². The molecule has 0 aliphatic carbocycles. The van der Waals surface area contributed by atoms with Gasteiger partial charge in [0, 0.05) is 0 Å². The van der Waals surface area contributed by atoms with Crippen molar-refractivity contribution < 1.29 is 9.53 Å². The standard InChI is InChI=1S/C6H5BrN2O2/c7-5-1-8-9-2-4(10)3-11-6(5)9/h1H,2-3H2. The number of ketones is 1. The van der Waals surface area contributed by atoms with E-state index >= 15 is 0 Å². The number of hydrogen-bond donors (Lipinski definition) is 0. The first-order valence-corrected chi connectivity index (χ1v) is 3.92. The van der Waals surface area contributed by atoms with Crippen molar-refractivity contribution in [2.45, 2.75) is 6.54 Å². The molecule has 0 radical (unpaired) electrons. The summed E-state index contributed by atoms with van der Waals surface area (Å²) in [6, 6.07) is 0. The average molecular weight is 217 g/mol. The van der Waals surface area contributed by atoms with E-state index in [-0.39, 0.29) is 12.4 Å². The fourth-order valence-corrected chi connectivity index (χ4v) is 1.38. The van der Waals surface area contributed by atoms with Crippen molar-refractivity contribution in [3.63, 3.8) is 0 Å². The van der Waals surface area contributed by atoms with Crippen molar-refractivity contribution >= 4 is 21.7 Å². The highest BCUT2D eigenvalue weighted by molar-refractivity contribution is 9.10. The van der Waals surface area contributed by atoms with E-state index in [1.165, 1.54) is 4.68 Å². The number of halogens is 1. The third kappa shape index (κ3) is 1.05. The molecule has 1 aromatic heterocycles. The van der Waals surface area contributed by atoms with Gasteiger partial charge in [-0.3, -0.25) is 4.79 Å². The van der Waals surface area contributed by atoms with E-state index in [4.69, 9.17) is 4.74 Å². The van der Waals surface area contributed by atoms with Crippen LogP contribution < -0.4 is 4.74 Å². The molecule has 0 saturated heterocycles. The highest BCUT2D eigenvalue weighted by Crippen LogP contribution is 2.25. The number of nitrogens with zero attached hydrogens (tertiary/aromatic N) is 2. The van der Waals surface area contributed by atoms with Crippen LogP contribution in [0.2, 0.25) is 0 Å². The highest BCUT2D eigenvalue weighted by atomic mass is 79.9. The molecule has 0 amide bonds. The number of Topliss-reactive ketones (excluding diaryl/α,β-unsaturated/α-hetero) is 1. The van der Waals surface area contributed by atoms with Crippen molar-refractivity contribution in [1.82, 2.24) is 9.78 Å². The summed E-state index contributed by atoms with van der Waals surface area (Å²) in [6.45, 7) is 0.477. The molecule has 2 heterocycles. The maximum atomic E-state index is 10.8. The molecule has 0 spiro atoms. The van der Waals surface area contributed by atoms with Gasteiger partial charge in [-0.1, -0.05) is 0 Å². The van der Waals surface area contributed by atoms with Crippen molar-refractivity contribution in [2.24, 2.45) is 0 Å². The Morgan fingerprint density at radius 2 is 2.55 bits per heavy atom. The van der Waals surface area contributed by atoms with Gasteiger partial charge in [0.2, 0.25) is 5.88 Å². The van der Waals surface area contributed by atoms with Crippen LogP contribution in [0.25, 0.3) is 0 Å². The SMILES string of the molecule is O=C1COc2c(Br)cnn2C1. The van der Waals surface area contributed by atoms with Gasteiger partial charge in [-0.2, -0.15) is 5.10 Å². The molecule has 0 atom stereocenters. The first kappa shape index (κ1) is 6.84. The third-order valence-electron chi connectivity index (χ3n) is 1.45. The summed E-state index contributed by atoms with van der Waals surface area (Å²) in [5.74, 6) is 0.692. The molecule has 58 valence electrons. The van der Waals surface area contributed by atoms with Gasteiger partial charge in [-0.25, -0.2) is 4.68 Å². The Labute approximate surface area is 71.3 Å². The van der Waals surface area contributed by atoms with Crippen LogP contribution in [0.1, 0.15) is 0 Å². The molecule has 4 nitrogen and oxygen atoms in total. The van der Waals surface area contributed by atoms with Gasteiger partial charge in [-0.15, -0.1) is 0 Å². The van der Waals surface area contributed by atoms with Crippen molar-refractivity contribution in [2.75, 3.05) is 6.61 Å². The van der Waals surface area contributed by atoms with Crippen LogP contribution in [-0.2, 0) is 11.3 Å². The normalized spacial score (nSPS) is 15.9. The zero-order chi connectivity index (χ0) is 7.84. The van der Waals surface area contributed by atoms with E-state index in [2.05, 4.69) is 21.0 Å². The maximum absolute atomic E-state index is 10.8. The second kappa shape index (κ2) is 2.34. The Morgan fingerprint density at radius 1 is 1.73 bits per heavy atom. The lowest BCUT2D eigenvalue weighted by Gasteiger charge is -2.13. The zero-order valence-electron chi connectivity index (χ0n) is 5.58. The largest absolute Gasteiger partial charge is 0.469 e. The minimum atomic E-state index is 0.0492. The predicted octanol–water partition coefficient (Wildman–Crippen LogP) is 0.607. The third-order valence-corrected chi connectivity index (χ3v) is 1.99. The molecular formula is C6H5BrN2O2. The second-order valence-electron chi connectivity index (χ2n) is 2.28. The lowest BCUT2D eigenvalue weighted by Crippen LogP contribution is -2.25. The molecule has 1 aromatic rings. The van der Waals surface area contributed by atoms with E-state index < -0.39 is 0 Å². The van der Waals surface area contributed by atoms with Gasteiger partial charge in [0.25, 0.3) is 0 Å². The Kier molecular flexibility index (Phi) is 1.45. The molecular weight excluding hydrogens is 212 g/mol. The summed E-state index contributed by atoms with van der Waals surface area (Å²) >= 11 is 3.25. The number of carbonyl (C=O) groups is 1. The summed E-state index contributed by atoms with van der Waals surface area (Å²) in [7, 11) is 0. The van der Waals surface area contributed by atoms with Crippen molar-refractivity contribution in [3.05, 3.63) is 10.7 Å². The molecule has 1 aliphatic heterocycles. The van der Waals surface area contributed by atoms with E-state index in [9.17, 15) is 4.79 Å². The summed E-state index contributed by atoms with van der Waals surface area (Å²) in [5.41, 5.74) is 0. The van der Waals surface area contributed by atoms with Gasteiger partial charge in [0.15, 0.2) is 12.4 Å². The number of fused-ring (bicyclic) bond motifs is 1. The fraction of sp³-hybridized carbons (Fsp3) is 0.333. The maximum Gasteiger partial charge on any atom is 0.227 e. The Morgan fingerprint density at radius 3 is 3.36 bits per heavy atom. The average Bonchev–Trinajstić information content (AvgIpc) is 2.32. The Balaban J connectivity index is 2.44. The minimum absolute atomic E-state index is 0.0492. The van der Waals surface area contributed by atoms with E-state index in [1.54, 1.807) is 6.20 Å². The van der Waals surface area contributed by atoms with E-state index in [1.807, 2.05) is 0 Å². The van der Waals surface area contributed by atoms with Gasteiger partial charge >= 0.3 is 0 Å². The fourth-order valence-electron chi connectivity index (χ4n) is 0.969. The summed E-state index contributed by atoms with van der Waals surface area (Å²) in [4.78, 5) is 10.8. The number of carbonyl (C=O) groups excluding carboxylic acids is 1. The van der Waals surface area contributed by atoms with Gasteiger partial charge in [-0.05, 0) is 15.9 Å². The van der Waals surface area contributed by atoms with Crippen molar-refractivity contribution in [1.29, 1.82) is 0 Å². The van der Waals surface area contributed by atoms with Crippen LogP contribution >= 0.6 is 15.9 Å². The van der Waals surface area contributed by atoms with Crippen LogP contribution in [0.5, 0.6) is 5.88 Å². The lowest BCUT2D eigenvalue weighted by atomic mass is 10.4.